The SMILES string of the molecule is Cc1ccc(C23CC2CN(C(=O)CCc2c(C)[nH]c(=O)[nH]c2=O)C3)cc1. The molecule has 2 N–H and O–H groups in total. The smallest absolute Gasteiger partial charge is 0.325 e. The first-order chi connectivity index (χ1) is 12.4. The van der Waals surface area contributed by atoms with Crippen LogP contribution in [0, 0.1) is 19.8 Å². The molecule has 136 valence electrons. The molecule has 0 spiro atoms. The van der Waals surface area contributed by atoms with Gasteiger partial charge in [-0.25, -0.2) is 4.79 Å². The van der Waals surface area contributed by atoms with Crippen LogP contribution < -0.4 is 11.2 Å². The van der Waals surface area contributed by atoms with Crippen LogP contribution >= 0.6 is 0 Å². The average Bonchev–Trinajstić information content (AvgIpc) is 3.15. The zero-order chi connectivity index (χ0) is 18.5. The molecule has 1 aliphatic carbocycles. The lowest BCUT2D eigenvalue weighted by Gasteiger charge is -2.21. The van der Waals surface area contributed by atoms with Crippen molar-refractivity contribution in [1.82, 2.24) is 14.9 Å². The van der Waals surface area contributed by atoms with Gasteiger partial charge in [0.05, 0.1) is 0 Å². The molecular weight excluding hydrogens is 330 g/mol. The molecule has 1 saturated carbocycles. The van der Waals surface area contributed by atoms with E-state index in [4.69, 9.17) is 0 Å². The van der Waals surface area contributed by atoms with Gasteiger partial charge in [0.1, 0.15) is 0 Å². The Labute approximate surface area is 151 Å². The molecule has 2 heterocycles. The van der Waals surface area contributed by atoms with E-state index in [1.165, 1.54) is 11.1 Å². The monoisotopic (exact) mass is 353 g/mol. The maximum atomic E-state index is 12.6. The van der Waals surface area contributed by atoms with Crippen LogP contribution in [0.1, 0.15) is 35.2 Å². The summed E-state index contributed by atoms with van der Waals surface area (Å²) >= 11 is 0. The molecule has 1 aliphatic heterocycles. The third kappa shape index (κ3) is 2.79. The maximum Gasteiger partial charge on any atom is 0.325 e. The van der Waals surface area contributed by atoms with Crippen LogP contribution in [-0.4, -0.2) is 33.9 Å². The number of rotatable bonds is 4. The molecule has 6 nitrogen and oxygen atoms in total. The van der Waals surface area contributed by atoms with Gasteiger partial charge in [0, 0.05) is 36.2 Å². The van der Waals surface area contributed by atoms with Crippen LogP contribution in [0.4, 0.5) is 0 Å². The fourth-order valence-corrected chi connectivity index (χ4v) is 4.32. The first kappa shape index (κ1) is 16.8. The van der Waals surface area contributed by atoms with E-state index in [-0.39, 0.29) is 17.7 Å². The van der Waals surface area contributed by atoms with Crippen molar-refractivity contribution < 1.29 is 4.79 Å². The maximum absolute atomic E-state index is 12.6. The Kier molecular flexibility index (Phi) is 3.86. The van der Waals surface area contributed by atoms with E-state index >= 15 is 0 Å². The van der Waals surface area contributed by atoms with Crippen LogP contribution in [0.3, 0.4) is 0 Å². The van der Waals surface area contributed by atoms with Crippen molar-refractivity contribution in [2.75, 3.05) is 13.1 Å². The van der Waals surface area contributed by atoms with E-state index in [2.05, 4.69) is 41.2 Å². The van der Waals surface area contributed by atoms with Crippen molar-refractivity contribution in [1.29, 1.82) is 0 Å². The zero-order valence-electron chi connectivity index (χ0n) is 15.1. The molecule has 1 aromatic carbocycles. The molecule has 2 unspecified atom stereocenters. The van der Waals surface area contributed by atoms with Crippen molar-refractivity contribution in [2.45, 2.75) is 38.5 Å². The molecule has 26 heavy (non-hydrogen) atoms. The lowest BCUT2D eigenvalue weighted by molar-refractivity contribution is -0.130. The number of carbonyl (C=O) groups excluding carboxylic acids is 1. The second-order valence-electron chi connectivity index (χ2n) is 7.71. The number of likely N-dealkylation sites (tertiary alicyclic amines) is 1. The average molecular weight is 353 g/mol. The highest BCUT2D eigenvalue weighted by atomic mass is 16.2. The molecule has 2 aliphatic rings. The van der Waals surface area contributed by atoms with Crippen molar-refractivity contribution in [3.8, 4) is 0 Å². The first-order valence-corrected chi connectivity index (χ1v) is 9.06. The van der Waals surface area contributed by atoms with E-state index in [1.807, 2.05) is 4.90 Å². The van der Waals surface area contributed by atoms with Crippen LogP contribution in [-0.2, 0) is 16.6 Å². The molecule has 1 aromatic heterocycles. The number of hydrogen-bond donors (Lipinski definition) is 2. The number of aromatic amines is 2. The van der Waals surface area contributed by atoms with Crippen LogP contribution in [0.25, 0.3) is 0 Å². The molecule has 2 fully saturated rings. The number of piperidine rings is 1. The first-order valence-electron chi connectivity index (χ1n) is 9.06. The van der Waals surface area contributed by atoms with E-state index in [0.717, 1.165) is 19.5 Å². The minimum absolute atomic E-state index is 0.0775. The zero-order valence-corrected chi connectivity index (χ0v) is 15.1. The Balaban J connectivity index is 1.42. The molecule has 0 bridgehead atoms. The molecule has 4 rings (SSSR count). The van der Waals surface area contributed by atoms with Crippen LogP contribution in [0.15, 0.2) is 33.9 Å². The summed E-state index contributed by atoms with van der Waals surface area (Å²) in [5, 5.41) is 0. The Morgan fingerprint density at radius 2 is 1.92 bits per heavy atom. The summed E-state index contributed by atoms with van der Waals surface area (Å²) in [5.41, 5.74) is 2.81. The van der Waals surface area contributed by atoms with Gasteiger partial charge in [-0.3, -0.25) is 14.6 Å². The van der Waals surface area contributed by atoms with E-state index in [9.17, 15) is 14.4 Å². The van der Waals surface area contributed by atoms with Crippen molar-refractivity contribution in [3.05, 3.63) is 67.5 Å². The van der Waals surface area contributed by atoms with Crippen LogP contribution in [0.2, 0.25) is 0 Å². The topological polar surface area (TPSA) is 86.0 Å². The van der Waals surface area contributed by atoms with Gasteiger partial charge < -0.3 is 9.88 Å². The summed E-state index contributed by atoms with van der Waals surface area (Å²) in [4.78, 5) is 42.6. The number of nitrogens with one attached hydrogen (secondary N) is 2. The number of carbonyl (C=O) groups is 1. The fourth-order valence-electron chi connectivity index (χ4n) is 4.32. The Morgan fingerprint density at radius 3 is 2.62 bits per heavy atom. The molecule has 1 amide bonds. The molecule has 2 aromatic rings. The number of benzene rings is 1. The quantitative estimate of drug-likeness (QED) is 0.871. The van der Waals surface area contributed by atoms with Gasteiger partial charge in [-0.2, -0.15) is 0 Å². The second-order valence-corrected chi connectivity index (χ2v) is 7.71. The highest BCUT2D eigenvalue weighted by molar-refractivity contribution is 5.77. The van der Waals surface area contributed by atoms with Crippen LogP contribution in [0.5, 0.6) is 0 Å². The lowest BCUT2D eigenvalue weighted by atomic mass is 9.94. The second kappa shape index (κ2) is 5.97. The summed E-state index contributed by atoms with van der Waals surface area (Å²) in [6.07, 6.45) is 1.78. The summed E-state index contributed by atoms with van der Waals surface area (Å²) < 4.78 is 0. The molecule has 0 radical (unpaired) electrons. The number of aryl methyl sites for hydroxylation is 2. The van der Waals surface area contributed by atoms with E-state index < -0.39 is 11.2 Å². The van der Waals surface area contributed by atoms with Crippen molar-refractivity contribution >= 4 is 5.91 Å². The third-order valence-corrected chi connectivity index (χ3v) is 5.97. The fraction of sp³-hybridized carbons (Fsp3) is 0.450. The Bertz CT molecular complexity index is 973. The summed E-state index contributed by atoms with van der Waals surface area (Å²) in [7, 11) is 0. The molecule has 6 heteroatoms. The van der Waals surface area contributed by atoms with Crippen molar-refractivity contribution in [2.24, 2.45) is 5.92 Å². The lowest BCUT2D eigenvalue weighted by Crippen LogP contribution is -2.34. The number of aromatic nitrogens is 2. The molecule has 1 saturated heterocycles. The Morgan fingerprint density at radius 1 is 1.19 bits per heavy atom. The summed E-state index contributed by atoms with van der Waals surface area (Å²) in [6, 6.07) is 8.64. The number of nitrogens with zero attached hydrogens (tertiary/aromatic N) is 1. The predicted molar refractivity (Wildman–Crippen MR) is 98.3 cm³/mol. The van der Waals surface area contributed by atoms with Gasteiger partial charge in [-0.15, -0.1) is 0 Å². The Hall–Kier alpha value is -2.63. The normalized spacial score (nSPS) is 23.8. The minimum Gasteiger partial charge on any atom is -0.341 e. The van der Waals surface area contributed by atoms with Gasteiger partial charge in [-0.1, -0.05) is 29.8 Å². The van der Waals surface area contributed by atoms with E-state index in [1.54, 1.807) is 6.92 Å². The third-order valence-electron chi connectivity index (χ3n) is 5.97. The number of H-pyrrole nitrogens is 2. The number of fused-ring (bicyclic) bond motifs is 1. The van der Waals surface area contributed by atoms with Gasteiger partial charge in [0.15, 0.2) is 0 Å². The summed E-state index contributed by atoms with van der Waals surface area (Å²) in [5.74, 6) is 0.626. The molecule has 2 atom stereocenters. The standard InChI is InChI=1S/C20H23N3O3/c1-12-3-5-14(6-4-12)20-9-15(20)10-23(11-20)17(24)8-7-16-13(2)21-19(26)22-18(16)25/h3-6,15H,7-11H2,1-2H3,(H2,21,22,25,26). The number of amides is 1. The largest absolute Gasteiger partial charge is 0.341 e. The van der Waals surface area contributed by atoms with Gasteiger partial charge in [-0.05, 0) is 38.2 Å². The van der Waals surface area contributed by atoms with E-state index in [0.29, 0.717) is 23.6 Å². The van der Waals surface area contributed by atoms with Gasteiger partial charge >= 0.3 is 5.69 Å². The predicted octanol–water partition coefficient (Wildman–Crippen LogP) is 1.41. The minimum atomic E-state index is -0.512. The van der Waals surface area contributed by atoms with Gasteiger partial charge in [0.2, 0.25) is 5.91 Å². The summed E-state index contributed by atoms with van der Waals surface area (Å²) in [6.45, 7) is 5.33. The highest BCUT2D eigenvalue weighted by Gasteiger charge is 2.61. The van der Waals surface area contributed by atoms with Crippen molar-refractivity contribution in [3.63, 3.8) is 0 Å². The van der Waals surface area contributed by atoms with Gasteiger partial charge in [0.25, 0.3) is 5.56 Å². The number of hydrogen-bond acceptors (Lipinski definition) is 3. The molecular formula is C20H23N3O3. The highest BCUT2D eigenvalue weighted by Crippen LogP contribution is 2.59.